The van der Waals surface area contributed by atoms with Crippen molar-refractivity contribution in [1.29, 1.82) is 0 Å². The smallest absolute Gasteiger partial charge is 0.221 e. The minimum absolute atomic E-state index is 0.0966. The van der Waals surface area contributed by atoms with Gasteiger partial charge in [0.15, 0.2) is 0 Å². The predicted octanol–water partition coefficient (Wildman–Crippen LogP) is 3.95. The van der Waals surface area contributed by atoms with Gasteiger partial charge in [-0.05, 0) is 19.4 Å². The average Bonchev–Trinajstić information content (AvgIpc) is 2.80. The Balaban J connectivity index is 1.80. The summed E-state index contributed by atoms with van der Waals surface area (Å²) >= 11 is 8.08. The van der Waals surface area contributed by atoms with Gasteiger partial charge >= 0.3 is 0 Å². The lowest BCUT2D eigenvalue weighted by Crippen LogP contribution is -2.33. The fourth-order valence-electron chi connectivity index (χ4n) is 2.03. The van der Waals surface area contributed by atoms with E-state index in [1.165, 1.54) is 4.70 Å². The molecular weight excluding hydrogens is 304 g/mol. The molecule has 1 atom stereocenters. The van der Waals surface area contributed by atoms with Crippen LogP contribution in [-0.4, -0.2) is 18.5 Å². The number of thiophene rings is 1. The van der Waals surface area contributed by atoms with Crippen LogP contribution in [0.15, 0.2) is 24.3 Å². The van der Waals surface area contributed by atoms with Gasteiger partial charge in [0.25, 0.3) is 0 Å². The Bertz CT molecular complexity index is 611. The third-order valence-electron chi connectivity index (χ3n) is 3.44. The SMILES string of the molecule is CCC(C)NC(=O)CCNCc1sc2ccccc2c1Cl. The maximum absolute atomic E-state index is 11.7. The molecule has 2 rings (SSSR count). The average molecular weight is 325 g/mol. The number of hydrogen-bond acceptors (Lipinski definition) is 3. The summed E-state index contributed by atoms with van der Waals surface area (Å²) in [5.74, 6) is 0.0966. The van der Waals surface area contributed by atoms with Crippen LogP contribution < -0.4 is 10.6 Å². The van der Waals surface area contributed by atoms with Gasteiger partial charge in [0.1, 0.15) is 0 Å². The molecule has 2 aromatic rings. The van der Waals surface area contributed by atoms with Crippen molar-refractivity contribution in [3.05, 3.63) is 34.2 Å². The molecule has 1 unspecified atom stereocenters. The number of benzene rings is 1. The summed E-state index contributed by atoms with van der Waals surface area (Å²) in [7, 11) is 0. The largest absolute Gasteiger partial charge is 0.354 e. The Morgan fingerprint density at radius 2 is 2.14 bits per heavy atom. The second-order valence-electron chi connectivity index (χ2n) is 5.14. The summed E-state index contributed by atoms with van der Waals surface area (Å²) < 4.78 is 1.20. The fraction of sp³-hybridized carbons (Fsp3) is 0.438. The second kappa shape index (κ2) is 7.78. The number of amides is 1. The fourth-order valence-corrected chi connectivity index (χ4v) is 3.50. The van der Waals surface area contributed by atoms with Gasteiger partial charge in [-0.25, -0.2) is 0 Å². The molecule has 1 aromatic heterocycles. The zero-order valence-corrected chi connectivity index (χ0v) is 14.0. The first-order valence-electron chi connectivity index (χ1n) is 7.27. The Kier molecular flexibility index (Phi) is 6.03. The molecule has 0 aliphatic rings. The van der Waals surface area contributed by atoms with E-state index >= 15 is 0 Å². The highest BCUT2D eigenvalue weighted by Crippen LogP contribution is 2.34. The summed E-state index contributed by atoms with van der Waals surface area (Å²) in [6.45, 7) is 5.44. The molecule has 0 aliphatic carbocycles. The van der Waals surface area contributed by atoms with Crippen molar-refractivity contribution in [2.75, 3.05) is 6.54 Å². The van der Waals surface area contributed by atoms with Gasteiger partial charge in [0.2, 0.25) is 5.91 Å². The van der Waals surface area contributed by atoms with Gasteiger partial charge in [0.05, 0.1) is 5.02 Å². The molecule has 114 valence electrons. The normalized spacial score (nSPS) is 12.5. The summed E-state index contributed by atoms with van der Waals surface area (Å²) in [6, 6.07) is 8.38. The monoisotopic (exact) mass is 324 g/mol. The lowest BCUT2D eigenvalue weighted by Gasteiger charge is -2.11. The van der Waals surface area contributed by atoms with Crippen LogP contribution in [0, 0.1) is 0 Å². The number of carbonyl (C=O) groups excluding carboxylic acids is 1. The quantitative estimate of drug-likeness (QED) is 0.757. The molecular formula is C16H21ClN2OS. The van der Waals surface area contributed by atoms with E-state index in [4.69, 9.17) is 11.6 Å². The van der Waals surface area contributed by atoms with E-state index in [9.17, 15) is 4.79 Å². The molecule has 1 amide bonds. The Hall–Kier alpha value is -1.10. The highest BCUT2D eigenvalue weighted by atomic mass is 35.5. The van der Waals surface area contributed by atoms with E-state index in [0.717, 1.165) is 21.7 Å². The summed E-state index contributed by atoms with van der Waals surface area (Å²) in [5.41, 5.74) is 0. The Morgan fingerprint density at radius 1 is 1.38 bits per heavy atom. The van der Waals surface area contributed by atoms with Gasteiger partial charge in [-0.15, -0.1) is 11.3 Å². The van der Waals surface area contributed by atoms with Crippen molar-refractivity contribution in [3.8, 4) is 0 Å². The highest BCUT2D eigenvalue weighted by Gasteiger charge is 2.09. The van der Waals surface area contributed by atoms with Crippen LogP contribution in [0.3, 0.4) is 0 Å². The Morgan fingerprint density at radius 3 is 2.86 bits per heavy atom. The van der Waals surface area contributed by atoms with Crippen molar-refractivity contribution in [2.24, 2.45) is 0 Å². The van der Waals surface area contributed by atoms with Gasteiger partial charge in [-0.2, -0.15) is 0 Å². The zero-order chi connectivity index (χ0) is 15.2. The van der Waals surface area contributed by atoms with E-state index in [2.05, 4.69) is 23.6 Å². The van der Waals surface area contributed by atoms with Crippen LogP contribution in [0.4, 0.5) is 0 Å². The highest BCUT2D eigenvalue weighted by molar-refractivity contribution is 7.19. The molecule has 1 aromatic carbocycles. The van der Waals surface area contributed by atoms with E-state index in [0.29, 0.717) is 19.5 Å². The van der Waals surface area contributed by atoms with Crippen LogP contribution in [0.1, 0.15) is 31.6 Å². The lowest BCUT2D eigenvalue weighted by atomic mass is 10.2. The third-order valence-corrected chi connectivity index (χ3v) is 5.15. The molecule has 21 heavy (non-hydrogen) atoms. The van der Waals surface area contributed by atoms with E-state index in [1.807, 2.05) is 25.1 Å². The molecule has 0 saturated heterocycles. The lowest BCUT2D eigenvalue weighted by molar-refractivity contribution is -0.121. The first-order valence-corrected chi connectivity index (χ1v) is 8.47. The number of rotatable bonds is 7. The van der Waals surface area contributed by atoms with Gasteiger partial charge in [-0.3, -0.25) is 4.79 Å². The molecule has 5 heteroatoms. The molecule has 2 N–H and O–H groups in total. The molecule has 0 aliphatic heterocycles. The first-order chi connectivity index (χ1) is 10.1. The summed E-state index contributed by atoms with van der Waals surface area (Å²) in [6.07, 6.45) is 1.45. The minimum Gasteiger partial charge on any atom is -0.354 e. The number of hydrogen-bond donors (Lipinski definition) is 2. The predicted molar refractivity (Wildman–Crippen MR) is 91.1 cm³/mol. The topological polar surface area (TPSA) is 41.1 Å². The van der Waals surface area contributed by atoms with Crippen molar-refractivity contribution >= 4 is 38.9 Å². The number of halogens is 1. The molecule has 1 heterocycles. The number of nitrogens with one attached hydrogen (secondary N) is 2. The van der Waals surface area contributed by atoms with Crippen molar-refractivity contribution < 1.29 is 4.79 Å². The molecule has 0 bridgehead atoms. The van der Waals surface area contributed by atoms with Crippen LogP contribution in [0.5, 0.6) is 0 Å². The minimum atomic E-state index is 0.0966. The second-order valence-corrected chi connectivity index (χ2v) is 6.65. The van der Waals surface area contributed by atoms with Crippen molar-refractivity contribution in [2.45, 2.75) is 39.3 Å². The van der Waals surface area contributed by atoms with Crippen LogP contribution in [0.25, 0.3) is 10.1 Å². The van der Waals surface area contributed by atoms with E-state index < -0.39 is 0 Å². The summed E-state index contributed by atoms with van der Waals surface area (Å²) in [5, 5.41) is 8.18. The third kappa shape index (κ3) is 4.43. The number of carbonyl (C=O) groups is 1. The summed E-state index contributed by atoms with van der Waals surface area (Å²) in [4.78, 5) is 12.8. The molecule has 0 spiro atoms. The maximum atomic E-state index is 11.7. The maximum Gasteiger partial charge on any atom is 0.221 e. The van der Waals surface area contributed by atoms with Crippen molar-refractivity contribution in [3.63, 3.8) is 0 Å². The molecule has 0 saturated carbocycles. The van der Waals surface area contributed by atoms with Gasteiger partial charge in [-0.1, -0.05) is 36.7 Å². The Labute approximate surface area is 134 Å². The molecule has 0 radical (unpaired) electrons. The molecule has 3 nitrogen and oxygen atoms in total. The van der Waals surface area contributed by atoms with Gasteiger partial charge in [0, 0.05) is 40.5 Å². The zero-order valence-electron chi connectivity index (χ0n) is 12.4. The van der Waals surface area contributed by atoms with Crippen molar-refractivity contribution in [1.82, 2.24) is 10.6 Å². The van der Waals surface area contributed by atoms with E-state index in [-0.39, 0.29) is 11.9 Å². The number of fused-ring (bicyclic) bond motifs is 1. The first kappa shape index (κ1) is 16.3. The van der Waals surface area contributed by atoms with E-state index in [1.54, 1.807) is 11.3 Å². The standard InChI is InChI=1S/C16H21ClN2OS/c1-3-11(2)19-15(20)8-9-18-10-14-16(17)12-6-4-5-7-13(12)21-14/h4-7,11,18H,3,8-10H2,1-2H3,(H,19,20). The molecule has 0 fully saturated rings. The van der Waals surface area contributed by atoms with Crippen LogP contribution >= 0.6 is 22.9 Å². The van der Waals surface area contributed by atoms with Gasteiger partial charge < -0.3 is 10.6 Å². The van der Waals surface area contributed by atoms with Crippen LogP contribution in [0.2, 0.25) is 5.02 Å². The van der Waals surface area contributed by atoms with Crippen LogP contribution in [-0.2, 0) is 11.3 Å².